The number of alkyl halides is 2. The van der Waals surface area contributed by atoms with Gasteiger partial charge in [-0.2, -0.15) is 5.10 Å². The molecule has 3 nitrogen and oxygen atoms in total. The van der Waals surface area contributed by atoms with Crippen LogP contribution in [0.3, 0.4) is 0 Å². The maximum absolute atomic E-state index is 12.4. The Balaban J connectivity index is 0.00000112. The maximum atomic E-state index is 12.4. The molecule has 0 unspecified atom stereocenters. The van der Waals surface area contributed by atoms with Gasteiger partial charge in [0.2, 0.25) is 0 Å². The molecule has 0 aliphatic rings. The predicted octanol–water partition coefficient (Wildman–Crippen LogP) is 2.51. The third-order valence-corrected chi connectivity index (χ3v) is 2.06. The maximum Gasteiger partial charge on any atom is 0.265 e. The second kappa shape index (κ2) is 4.02. The van der Waals surface area contributed by atoms with Gasteiger partial charge in [0.15, 0.2) is 0 Å². The lowest BCUT2D eigenvalue weighted by atomic mass is 10.1. The first kappa shape index (κ1) is 11.7. The lowest BCUT2D eigenvalue weighted by Crippen LogP contribution is -1.94. The average Bonchev–Trinajstić information content (AvgIpc) is 2.42. The molecule has 1 aromatic heterocycles. The largest absolute Gasteiger partial charge is 0.398 e. The first-order valence-corrected chi connectivity index (χ1v) is 4.09. The van der Waals surface area contributed by atoms with Crippen LogP contribution < -0.4 is 5.73 Å². The monoisotopic (exact) mass is 233 g/mol. The molecule has 1 heterocycles. The van der Waals surface area contributed by atoms with Crippen LogP contribution in [0.5, 0.6) is 0 Å². The predicted molar refractivity (Wildman–Crippen MR) is 57.3 cm³/mol. The lowest BCUT2D eigenvalue weighted by molar-refractivity contribution is 0.152. The second-order valence-electron chi connectivity index (χ2n) is 3.14. The van der Waals surface area contributed by atoms with E-state index in [0.717, 1.165) is 5.39 Å². The Morgan fingerprint density at radius 2 is 2.07 bits per heavy atom. The molecule has 2 aromatic rings. The quantitative estimate of drug-likeness (QED) is 0.770. The van der Waals surface area contributed by atoms with Crippen LogP contribution in [-0.4, -0.2) is 9.78 Å². The molecule has 0 aliphatic heterocycles. The van der Waals surface area contributed by atoms with Crippen molar-refractivity contribution in [1.82, 2.24) is 9.78 Å². The minimum absolute atomic E-state index is 0. The number of anilines is 1. The first-order chi connectivity index (χ1) is 6.58. The van der Waals surface area contributed by atoms with Crippen molar-refractivity contribution in [3.8, 4) is 0 Å². The summed E-state index contributed by atoms with van der Waals surface area (Å²) in [5.41, 5.74) is 5.97. The standard InChI is InChI=1S/C9H9F2N3.ClH/c1-14-4-5-2-7(12)6(9(10)11)3-8(5)13-14;/h2-4,9H,12H2,1H3;1H. The van der Waals surface area contributed by atoms with Crippen molar-refractivity contribution in [3.63, 3.8) is 0 Å². The third kappa shape index (κ3) is 2.02. The van der Waals surface area contributed by atoms with Crippen LogP contribution in [0.15, 0.2) is 18.3 Å². The molecule has 0 saturated carbocycles. The van der Waals surface area contributed by atoms with Crippen molar-refractivity contribution in [3.05, 3.63) is 23.9 Å². The van der Waals surface area contributed by atoms with Crippen LogP contribution in [0.1, 0.15) is 12.0 Å². The highest BCUT2D eigenvalue weighted by atomic mass is 35.5. The van der Waals surface area contributed by atoms with Crippen molar-refractivity contribution in [2.24, 2.45) is 7.05 Å². The van der Waals surface area contributed by atoms with E-state index in [4.69, 9.17) is 5.73 Å². The highest BCUT2D eigenvalue weighted by Gasteiger charge is 2.13. The molecule has 0 spiro atoms. The van der Waals surface area contributed by atoms with E-state index in [-0.39, 0.29) is 23.7 Å². The topological polar surface area (TPSA) is 43.8 Å². The van der Waals surface area contributed by atoms with Gasteiger partial charge in [-0.15, -0.1) is 12.4 Å². The third-order valence-electron chi connectivity index (χ3n) is 2.06. The van der Waals surface area contributed by atoms with Crippen LogP contribution in [0.25, 0.3) is 10.9 Å². The fourth-order valence-corrected chi connectivity index (χ4v) is 1.42. The van der Waals surface area contributed by atoms with Gasteiger partial charge in [-0.05, 0) is 12.1 Å². The molecule has 0 fully saturated rings. The Hall–Kier alpha value is -1.36. The minimum atomic E-state index is -2.55. The van der Waals surface area contributed by atoms with Crippen molar-refractivity contribution in [2.45, 2.75) is 6.43 Å². The highest BCUT2D eigenvalue weighted by molar-refractivity contribution is 5.85. The van der Waals surface area contributed by atoms with Gasteiger partial charge in [0.25, 0.3) is 6.43 Å². The second-order valence-corrected chi connectivity index (χ2v) is 3.14. The molecule has 0 bridgehead atoms. The van der Waals surface area contributed by atoms with Crippen LogP contribution in [-0.2, 0) is 7.05 Å². The van der Waals surface area contributed by atoms with Crippen LogP contribution >= 0.6 is 12.4 Å². The minimum Gasteiger partial charge on any atom is -0.398 e. The van der Waals surface area contributed by atoms with Crippen molar-refractivity contribution in [2.75, 3.05) is 5.73 Å². The molecule has 2 N–H and O–H groups in total. The Bertz CT molecular complexity index is 481. The number of aryl methyl sites for hydroxylation is 1. The van der Waals surface area contributed by atoms with Crippen molar-refractivity contribution >= 4 is 29.0 Å². The van der Waals surface area contributed by atoms with Crippen LogP contribution in [0, 0.1) is 0 Å². The number of nitrogen functional groups attached to an aromatic ring is 1. The molecule has 2 rings (SSSR count). The lowest BCUT2D eigenvalue weighted by Gasteiger charge is -2.03. The molecule has 0 atom stereocenters. The summed E-state index contributed by atoms with van der Waals surface area (Å²) in [4.78, 5) is 0. The number of aromatic nitrogens is 2. The summed E-state index contributed by atoms with van der Waals surface area (Å²) in [6.45, 7) is 0. The van der Waals surface area contributed by atoms with Crippen molar-refractivity contribution < 1.29 is 8.78 Å². The molecule has 1 aromatic carbocycles. The van der Waals surface area contributed by atoms with Gasteiger partial charge in [0, 0.05) is 29.9 Å². The van der Waals surface area contributed by atoms with Crippen LogP contribution in [0.2, 0.25) is 0 Å². The Morgan fingerprint density at radius 1 is 1.40 bits per heavy atom. The van der Waals surface area contributed by atoms with E-state index in [1.807, 2.05) is 0 Å². The van der Waals surface area contributed by atoms with Gasteiger partial charge in [-0.25, -0.2) is 8.78 Å². The number of nitrogens with two attached hydrogens (primary N) is 1. The van der Waals surface area contributed by atoms with Gasteiger partial charge >= 0.3 is 0 Å². The van der Waals surface area contributed by atoms with E-state index in [0.29, 0.717) is 5.52 Å². The molecule has 0 saturated heterocycles. The zero-order valence-corrected chi connectivity index (χ0v) is 8.76. The smallest absolute Gasteiger partial charge is 0.265 e. The van der Waals surface area contributed by atoms with Gasteiger partial charge in [0.1, 0.15) is 0 Å². The summed E-state index contributed by atoms with van der Waals surface area (Å²) in [6, 6.07) is 2.85. The Kier molecular flexibility index (Phi) is 3.14. The average molecular weight is 234 g/mol. The molecular weight excluding hydrogens is 224 g/mol. The summed E-state index contributed by atoms with van der Waals surface area (Å²) in [5.74, 6) is 0. The van der Waals surface area contributed by atoms with Gasteiger partial charge in [-0.1, -0.05) is 0 Å². The molecule has 82 valence electrons. The zero-order valence-electron chi connectivity index (χ0n) is 7.95. The van der Waals surface area contributed by atoms with Crippen LogP contribution in [0.4, 0.5) is 14.5 Å². The van der Waals surface area contributed by atoms with E-state index < -0.39 is 6.43 Å². The molecular formula is C9H10ClF2N3. The highest BCUT2D eigenvalue weighted by Crippen LogP contribution is 2.28. The molecule has 6 heteroatoms. The fourth-order valence-electron chi connectivity index (χ4n) is 1.42. The van der Waals surface area contributed by atoms with Gasteiger partial charge in [-0.3, -0.25) is 4.68 Å². The number of fused-ring (bicyclic) bond motifs is 1. The Labute approximate surface area is 91.3 Å². The SMILES string of the molecule is Cl.Cn1cc2cc(N)c(C(F)F)cc2n1. The summed E-state index contributed by atoms with van der Waals surface area (Å²) in [5, 5.41) is 4.80. The summed E-state index contributed by atoms with van der Waals surface area (Å²) < 4.78 is 26.5. The van der Waals surface area contributed by atoms with E-state index in [1.165, 1.54) is 12.1 Å². The first-order valence-electron chi connectivity index (χ1n) is 4.09. The molecule has 15 heavy (non-hydrogen) atoms. The van der Waals surface area contributed by atoms with E-state index in [2.05, 4.69) is 5.10 Å². The number of rotatable bonds is 1. The number of halogens is 3. The van der Waals surface area contributed by atoms with Crippen molar-refractivity contribution in [1.29, 1.82) is 0 Å². The summed E-state index contributed by atoms with van der Waals surface area (Å²) in [7, 11) is 1.73. The number of benzene rings is 1. The van der Waals surface area contributed by atoms with E-state index >= 15 is 0 Å². The number of hydrogen-bond acceptors (Lipinski definition) is 2. The molecule has 0 amide bonds. The van der Waals surface area contributed by atoms with Gasteiger partial charge in [0.05, 0.1) is 5.52 Å². The zero-order chi connectivity index (χ0) is 10.3. The normalized spacial score (nSPS) is 10.7. The summed E-state index contributed by atoms with van der Waals surface area (Å²) >= 11 is 0. The molecule has 0 aliphatic carbocycles. The van der Waals surface area contributed by atoms with E-state index in [9.17, 15) is 8.78 Å². The number of nitrogens with zero attached hydrogens (tertiary/aromatic N) is 2. The fraction of sp³-hybridized carbons (Fsp3) is 0.222. The molecule has 0 radical (unpaired) electrons. The Morgan fingerprint density at radius 3 is 2.67 bits per heavy atom. The summed E-state index contributed by atoms with van der Waals surface area (Å²) in [6.07, 6.45) is -0.817. The van der Waals surface area contributed by atoms with E-state index in [1.54, 1.807) is 17.9 Å². The van der Waals surface area contributed by atoms with Gasteiger partial charge < -0.3 is 5.73 Å². The number of hydrogen-bond donors (Lipinski definition) is 1.